The summed E-state index contributed by atoms with van der Waals surface area (Å²) < 4.78 is 5.09. The summed E-state index contributed by atoms with van der Waals surface area (Å²) in [7, 11) is 0. The Balaban J connectivity index is 2.10. The van der Waals surface area contributed by atoms with E-state index < -0.39 is 24.1 Å². The number of ether oxygens (including phenoxy) is 1. The zero-order valence-corrected chi connectivity index (χ0v) is 16.1. The van der Waals surface area contributed by atoms with Crippen LogP contribution < -0.4 is 5.32 Å². The zero-order valence-electron chi connectivity index (χ0n) is 16.1. The van der Waals surface area contributed by atoms with E-state index in [4.69, 9.17) is 4.74 Å². The Morgan fingerprint density at radius 3 is 2.54 bits per heavy atom. The highest BCUT2D eigenvalue weighted by molar-refractivity contribution is 5.88. The van der Waals surface area contributed by atoms with Gasteiger partial charge in [0.2, 0.25) is 5.91 Å². The molecular formula is C19H32N2O5. The number of carboxylic acid groups (broad SMARTS) is 1. The van der Waals surface area contributed by atoms with E-state index in [1.54, 1.807) is 18.7 Å². The Bertz CT molecular complexity index is 524. The highest BCUT2D eigenvalue weighted by Gasteiger charge is 2.48. The number of amides is 1. The minimum Gasteiger partial charge on any atom is -0.480 e. The molecule has 1 aliphatic heterocycles. The number of hydrogen-bond donors (Lipinski definition) is 2. The molecule has 0 unspecified atom stereocenters. The molecule has 2 fully saturated rings. The maximum absolute atomic E-state index is 13.1. The standard InChI is InChI=1S/C19H32N2O5/c1-4-8-14(19(25)26-5-2)20-12(3)17(22)21-15-10-7-6-9-13(15)11-16(21)18(23)24/h12-16,20H,4-11H2,1-3H3,(H,23,24)/t12-,13-,14+,15+,16+/m1/s1. The molecule has 0 spiro atoms. The van der Waals surface area contributed by atoms with Crippen molar-refractivity contribution in [2.75, 3.05) is 6.61 Å². The minimum atomic E-state index is -0.935. The molecule has 1 aliphatic carbocycles. The van der Waals surface area contributed by atoms with E-state index in [1.165, 1.54) is 0 Å². The van der Waals surface area contributed by atoms with E-state index in [0.29, 0.717) is 19.4 Å². The number of nitrogens with one attached hydrogen (secondary N) is 1. The van der Waals surface area contributed by atoms with Gasteiger partial charge in [0.05, 0.1) is 12.6 Å². The lowest BCUT2D eigenvalue weighted by atomic mass is 9.84. The fraction of sp³-hybridized carbons (Fsp3) is 0.842. The maximum atomic E-state index is 13.1. The lowest BCUT2D eigenvalue weighted by molar-refractivity contribution is -0.152. The molecule has 0 aromatic heterocycles. The predicted octanol–water partition coefficient (Wildman–Crippen LogP) is 1.94. The van der Waals surface area contributed by atoms with Gasteiger partial charge in [-0.05, 0) is 45.4 Å². The van der Waals surface area contributed by atoms with Crippen molar-refractivity contribution >= 4 is 17.8 Å². The number of nitrogens with zero attached hydrogens (tertiary/aromatic N) is 1. The van der Waals surface area contributed by atoms with E-state index >= 15 is 0 Å². The molecule has 148 valence electrons. The van der Waals surface area contributed by atoms with Crippen molar-refractivity contribution in [3.8, 4) is 0 Å². The van der Waals surface area contributed by atoms with Crippen LogP contribution in [0.5, 0.6) is 0 Å². The number of likely N-dealkylation sites (tertiary alicyclic amines) is 1. The van der Waals surface area contributed by atoms with Crippen LogP contribution in [-0.4, -0.2) is 58.6 Å². The molecule has 7 nitrogen and oxygen atoms in total. The van der Waals surface area contributed by atoms with Crippen LogP contribution in [0.15, 0.2) is 0 Å². The van der Waals surface area contributed by atoms with E-state index in [1.807, 2.05) is 6.92 Å². The van der Waals surface area contributed by atoms with Gasteiger partial charge in [-0.15, -0.1) is 0 Å². The van der Waals surface area contributed by atoms with E-state index in [-0.39, 0.29) is 23.8 Å². The van der Waals surface area contributed by atoms with Gasteiger partial charge in [-0.1, -0.05) is 26.2 Å². The molecule has 0 bridgehead atoms. The van der Waals surface area contributed by atoms with Gasteiger partial charge < -0.3 is 14.7 Å². The van der Waals surface area contributed by atoms with Crippen molar-refractivity contribution in [2.24, 2.45) is 5.92 Å². The summed E-state index contributed by atoms with van der Waals surface area (Å²) in [4.78, 5) is 38.5. The topological polar surface area (TPSA) is 95.9 Å². The van der Waals surface area contributed by atoms with E-state index in [9.17, 15) is 19.5 Å². The quantitative estimate of drug-likeness (QED) is 0.636. The molecule has 2 rings (SSSR count). The number of esters is 1. The number of hydrogen-bond acceptors (Lipinski definition) is 5. The third-order valence-corrected chi connectivity index (χ3v) is 5.60. The lowest BCUT2D eigenvalue weighted by Crippen LogP contribution is -2.55. The Kier molecular flexibility index (Phi) is 7.43. The minimum absolute atomic E-state index is 0.00817. The van der Waals surface area contributed by atoms with Gasteiger partial charge in [-0.3, -0.25) is 14.9 Å². The summed E-state index contributed by atoms with van der Waals surface area (Å²) in [6, 6.07) is -1.92. The molecule has 26 heavy (non-hydrogen) atoms. The summed E-state index contributed by atoms with van der Waals surface area (Å²) in [5.41, 5.74) is 0. The third-order valence-electron chi connectivity index (χ3n) is 5.60. The molecule has 1 amide bonds. The first-order chi connectivity index (χ1) is 12.4. The van der Waals surface area contributed by atoms with Crippen LogP contribution in [-0.2, 0) is 19.1 Å². The number of carboxylic acids is 1. The van der Waals surface area contributed by atoms with E-state index in [0.717, 1.165) is 32.1 Å². The molecular weight excluding hydrogens is 336 g/mol. The van der Waals surface area contributed by atoms with Crippen molar-refractivity contribution in [1.29, 1.82) is 0 Å². The first-order valence-electron chi connectivity index (χ1n) is 9.88. The molecule has 0 aromatic carbocycles. The molecule has 0 aromatic rings. The number of fused-ring (bicyclic) bond motifs is 1. The van der Waals surface area contributed by atoms with Crippen LogP contribution in [0.4, 0.5) is 0 Å². The molecule has 5 atom stereocenters. The smallest absolute Gasteiger partial charge is 0.326 e. The second kappa shape index (κ2) is 9.35. The Labute approximate surface area is 155 Å². The summed E-state index contributed by atoms with van der Waals surface area (Å²) >= 11 is 0. The summed E-state index contributed by atoms with van der Waals surface area (Å²) in [6.45, 7) is 5.72. The highest BCUT2D eigenvalue weighted by Crippen LogP contribution is 2.40. The first-order valence-corrected chi connectivity index (χ1v) is 9.88. The number of aliphatic carboxylic acids is 1. The van der Waals surface area contributed by atoms with Crippen LogP contribution in [0.2, 0.25) is 0 Å². The summed E-state index contributed by atoms with van der Waals surface area (Å²) in [5.74, 6) is -1.24. The maximum Gasteiger partial charge on any atom is 0.326 e. The molecule has 7 heteroatoms. The molecule has 2 N–H and O–H groups in total. The fourth-order valence-electron chi connectivity index (χ4n) is 4.39. The first kappa shape index (κ1) is 20.7. The second-order valence-corrected chi connectivity index (χ2v) is 7.43. The lowest BCUT2D eigenvalue weighted by Gasteiger charge is -2.35. The zero-order chi connectivity index (χ0) is 19.3. The molecule has 2 aliphatic rings. The van der Waals surface area contributed by atoms with Crippen LogP contribution in [0.25, 0.3) is 0 Å². The normalized spacial score (nSPS) is 27.5. The largest absolute Gasteiger partial charge is 0.480 e. The SMILES string of the molecule is CCC[C@H](N[C@H](C)C(=O)N1[C@H](C(=O)O)C[C@H]2CCCC[C@@H]21)C(=O)OCC. The van der Waals surface area contributed by atoms with Crippen LogP contribution in [0.1, 0.15) is 65.7 Å². The van der Waals surface area contributed by atoms with Crippen molar-refractivity contribution < 1.29 is 24.2 Å². The number of carbonyl (C=O) groups excluding carboxylic acids is 2. The average molecular weight is 368 g/mol. The van der Waals surface area contributed by atoms with Gasteiger partial charge in [0.1, 0.15) is 12.1 Å². The van der Waals surface area contributed by atoms with Crippen LogP contribution in [0, 0.1) is 5.92 Å². The summed E-state index contributed by atoms with van der Waals surface area (Å²) in [6.07, 6.45) is 5.87. The van der Waals surface area contributed by atoms with Gasteiger partial charge >= 0.3 is 11.9 Å². The van der Waals surface area contributed by atoms with Crippen molar-refractivity contribution in [3.63, 3.8) is 0 Å². The van der Waals surface area contributed by atoms with Crippen LogP contribution in [0.3, 0.4) is 0 Å². The predicted molar refractivity (Wildman–Crippen MR) is 96.6 cm³/mol. The third kappa shape index (κ3) is 4.55. The van der Waals surface area contributed by atoms with Gasteiger partial charge in [-0.2, -0.15) is 0 Å². The Morgan fingerprint density at radius 2 is 1.92 bits per heavy atom. The van der Waals surface area contributed by atoms with Gasteiger partial charge in [0.15, 0.2) is 0 Å². The van der Waals surface area contributed by atoms with Crippen molar-refractivity contribution in [1.82, 2.24) is 10.2 Å². The van der Waals surface area contributed by atoms with Gasteiger partial charge in [-0.25, -0.2) is 4.79 Å². The number of rotatable bonds is 8. The van der Waals surface area contributed by atoms with Crippen LogP contribution >= 0.6 is 0 Å². The second-order valence-electron chi connectivity index (χ2n) is 7.43. The monoisotopic (exact) mass is 368 g/mol. The highest BCUT2D eigenvalue weighted by atomic mass is 16.5. The van der Waals surface area contributed by atoms with Gasteiger partial charge in [0, 0.05) is 6.04 Å². The number of carbonyl (C=O) groups is 3. The summed E-state index contributed by atoms with van der Waals surface area (Å²) in [5, 5.41) is 12.7. The molecule has 0 radical (unpaired) electrons. The Hall–Kier alpha value is -1.63. The van der Waals surface area contributed by atoms with Crippen molar-refractivity contribution in [3.05, 3.63) is 0 Å². The fourth-order valence-corrected chi connectivity index (χ4v) is 4.39. The molecule has 1 saturated heterocycles. The Morgan fingerprint density at radius 1 is 1.23 bits per heavy atom. The van der Waals surface area contributed by atoms with Gasteiger partial charge in [0.25, 0.3) is 0 Å². The van der Waals surface area contributed by atoms with Crippen molar-refractivity contribution in [2.45, 2.75) is 89.9 Å². The van der Waals surface area contributed by atoms with E-state index in [2.05, 4.69) is 5.32 Å². The molecule has 1 saturated carbocycles. The molecule has 1 heterocycles. The average Bonchev–Trinajstić information content (AvgIpc) is 3.00.